The highest BCUT2D eigenvalue weighted by atomic mass is 19.1. The first-order chi connectivity index (χ1) is 7.06. The molecule has 2 unspecified atom stereocenters. The van der Waals surface area contributed by atoms with Crippen molar-refractivity contribution in [1.82, 2.24) is 0 Å². The fourth-order valence-electron chi connectivity index (χ4n) is 2.42. The normalized spacial score (nSPS) is 25.9. The van der Waals surface area contributed by atoms with Gasteiger partial charge in [0.1, 0.15) is 5.82 Å². The Kier molecular flexibility index (Phi) is 2.55. The van der Waals surface area contributed by atoms with Gasteiger partial charge in [-0.2, -0.15) is 0 Å². The summed E-state index contributed by atoms with van der Waals surface area (Å²) in [6.45, 7) is 5.38. The van der Waals surface area contributed by atoms with Gasteiger partial charge in [0, 0.05) is 24.0 Å². The smallest absolute Gasteiger partial charge is 0.127 e. The van der Waals surface area contributed by atoms with Crippen molar-refractivity contribution < 1.29 is 4.39 Å². The molecule has 0 spiro atoms. The average Bonchev–Trinajstić information content (AvgIpc) is 2.43. The standard InChI is InChI=1S/C12H17FN2/c1-8-3-9(2)15(7-8)12-5-10(13)4-11(14)6-12/h4-6,8-9H,3,7,14H2,1-2H3. The van der Waals surface area contributed by atoms with Gasteiger partial charge in [-0.25, -0.2) is 4.39 Å². The summed E-state index contributed by atoms with van der Waals surface area (Å²) in [7, 11) is 0. The van der Waals surface area contributed by atoms with E-state index in [0.717, 1.165) is 18.7 Å². The predicted octanol–water partition coefficient (Wildman–Crippen LogP) is 2.64. The molecule has 1 aliphatic heterocycles. The molecule has 1 heterocycles. The quantitative estimate of drug-likeness (QED) is 0.719. The van der Waals surface area contributed by atoms with E-state index in [-0.39, 0.29) is 5.82 Å². The minimum atomic E-state index is -0.253. The van der Waals surface area contributed by atoms with Gasteiger partial charge in [0.25, 0.3) is 0 Å². The molecule has 0 aromatic heterocycles. The summed E-state index contributed by atoms with van der Waals surface area (Å²) in [5.41, 5.74) is 7.04. The van der Waals surface area contributed by atoms with Crippen molar-refractivity contribution in [2.24, 2.45) is 5.92 Å². The van der Waals surface area contributed by atoms with Gasteiger partial charge in [0.15, 0.2) is 0 Å². The SMILES string of the molecule is CC1CC(C)N(c2cc(N)cc(F)c2)C1. The van der Waals surface area contributed by atoms with Crippen LogP contribution >= 0.6 is 0 Å². The third-order valence-electron chi connectivity index (χ3n) is 3.02. The van der Waals surface area contributed by atoms with Crippen LogP contribution in [0.4, 0.5) is 15.8 Å². The first-order valence-electron chi connectivity index (χ1n) is 5.39. The molecule has 1 aliphatic rings. The minimum absolute atomic E-state index is 0.253. The lowest BCUT2D eigenvalue weighted by Crippen LogP contribution is -2.26. The van der Waals surface area contributed by atoms with E-state index in [0.29, 0.717) is 17.6 Å². The van der Waals surface area contributed by atoms with Crippen LogP contribution in [0, 0.1) is 11.7 Å². The molecule has 0 radical (unpaired) electrons. The second-order valence-corrected chi connectivity index (χ2v) is 4.59. The van der Waals surface area contributed by atoms with Crippen LogP contribution in [0.1, 0.15) is 20.3 Å². The van der Waals surface area contributed by atoms with E-state index in [9.17, 15) is 4.39 Å². The maximum absolute atomic E-state index is 13.2. The number of nitrogens with two attached hydrogens (primary N) is 1. The van der Waals surface area contributed by atoms with Gasteiger partial charge in [0.2, 0.25) is 0 Å². The topological polar surface area (TPSA) is 29.3 Å². The van der Waals surface area contributed by atoms with E-state index in [1.54, 1.807) is 6.07 Å². The van der Waals surface area contributed by atoms with E-state index in [2.05, 4.69) is 18.7 Å². The summed E-state index contributed by atoms with van der Waals surface area (Å²) in [6.07, 6.45) is 1.16. The Balaban J connectivity index is 2.29. The van der Waals surface area contributed by atoms with Crippen molar-refractivity contribution in [1.29, 1.82) is 0 Å². The Bertz CT molecular complexity index is 344. The van der Waals surface area contributed by atoms with Gasteiger partial charge in [0.05, 0.1) is 0 Å². The Morgan fingerprint density at radius 3 is 2.60 bits per heavy atom. The molecule has 0 aliphatic carbocycles. The lowest BCUT2D eigenvalue weighted by Gasteiger charge is -2.24. The molecular formula is C12H17FN2. The lowest BCUT2D eigenvalue weighted by molar-refractivity contribution is 0.623. The second kappa shape index (κ2) is 3.72. The van der Waals surface area contributed by atoms with Gasteiger partial charge < -0.3 is 10.6 Å². The molecule has 3 heteroatoms. The number of benzene rings is 1. The molecule has 0 saturated carbocycles. The third kappa shape index (κ3) is 2.06. The molecule has 82 valence electrons. The van der Waals surface area contributed by atoms with Crippen LogP contribution in [0.25, 0.3) is 0 Å². The Labute approximate surface area is 89.9 Å². The van der Waals surface area contributed by atoms with Crippen LogP contribution in [-0.4, -0.2) is 12.6 Å². The Morgan fingerprint density at radius 2 is 2.07 bits per heavy atom. The fourth-order valence-corrected chi connectivity index (χ4v) is 2.42. The predicted molar refractivity (Wildman–Crippen MR) is 61.4 cm³/mol. The maximum atomic E-state index is 13.2. The van der Waals surface area contributed by atoms with Crippen molar-refractivity contribution in [3.05, 3.63) is 24.0 Å². The second-order valence-electron chi connectivity index (χ2n) is 4.59. The van der Waals surface area contributed by atoms with Gasteiger partial charge in [-0.1, -0.05) is 6.92 Å². The van der Waals surface area contributed by atoms with Crippen molar-refractivity contribution in [2.75, 3.05) is 17.2 Å². The average molecular weight is 208 g/mol. The molecule has 1 saturated heterocycles. The van der Waals surface area contributed by atoms with Crippen LogP contribution in [0.5, 0.6) is 0 Å². The summed E-state index contributed by atoms with van der Waals surface area (Å²) >= 11 is 0. The summed E-state index contributed by atoms with van der Waals surface area (Å²) in [4.78, 5) is 2.23. The van der Waals surface area contributed by atoms with Crippen LogP contribution in [-0.2, 0) is 0 Å². The third-order valence-corrected chi connectivity index (χ3v) is 3.02. The Hall–Kier alpha value is -1.25. The molecule has 1 fully saturated rings. The summed E-state index contributed by atoms with van der Waals surface area (Å²) in [5, 5.41) is 0. The number of hydrogen-bond acceptors (Lipinski definition) is 2. The number of nitrogen functional groups attached to an aromatic ring is 1. The summed E-state index contributed by atoms with van der Waals surface area (Å²) < 4.78 is 13.2. The molecule has 2 atom stereocenters. The molecule has 1 aromatic rings. The molecule has 0 bridgehead atoms. The number of hydrogen-bond donors (Lipinski definition) is 1. The van der Waals surface area contributed by atoms with Crippen molar-refractivity contribution in [3.63, 3.8) is 0 Å². The molecule has 1 aromatic carbocycles. The summed E-state index contributed by atoms with van der Waals surface area (Å²) in [5.74, 6) is 0.418. The fraction of sp³-hybridized carbons (Fsp3) is 0.500. The minimum Gasteiger partial charge on any atom is -0.399 e. The number of halogens is 1. The number of nitrogens with zero attached hydrogens (tertiary/aromatic N) is 1. The van der Waals surface area contributed by atoms with Gasteiger partial charge in [-0.15, -0.1) is 0 Å². The van der Waals surface area contributed by atoms with E-state index in [4.69, 9.17) is 5.73 Å². The highest BCUT2D eigenvalue weighted by molar-refractivity contribution is 5.57. The van der Waals surface area contributed by atoms with Crippen LogP contribution < -0.4 is 10.6 Å². The first-order valence-corrected chi connectivity index (χ1v) is 5.39. The lowest BCUT2D eigenvalue weighted by atomic mass is 10.1. The van der Waals surface area contributed by atoms with Gasteiger partial charge in [-0.05, 0) is 37.5 Å². The van der Waals surface area contributed by atoms with E-state index in [1.165, 1.54) is 6.07 Å². The highest BCUT2D eigenvalue weighted by Crippen LogP contribution is 2.30. The zero-order valence-electron chi connectivity index (χ0n) is 9.20. The monoisotopic (exact) mass is 208 g/mol. The molecule has 2 rings (SSSR count). The summed E-state index contributed by atoms with van der Waals surface area (Å²) in [6, 6.07) is 5.23. The molecule has 2 nitrogen and oxygen atoms in total. The largest absolute Gasteiger partial charge is 0.399 e. The Morgan fingerprint density at radius 1 is 1.33 bits per heavy atom. The number of rotatable bonds is 1. The molecule has 2 N–H and O–H groups in total. The molecular weight excluding hydrogens is 191 g/mol. The van der Waals surface area contributed by atoms with Crippen molar-refractivity contribution >= 4 is 11.4 Å². The van der Waals surface area contributed by atoms with Crippen LogP contribution in [0.15, 0.2) is 18.2 Å². The van der Waals surface area contributed by atoms with E-state index < -0.39 is 0 Å². The van der Waals surface area contributed by atoms with E-state index >= 15 is 0 Å². The highest BCUT2D eigenvalue weighted by Gasteiger charge is 2.26. The van der Waals surface area contributed by atoms with Crippen molar-refractivity contribution in [3.8, 4) is 0 Å². The zero-order valence-corrected chi connectivity index (χ0v) is 9.20. The first kappa shape index (κ1) is 10.3. The number of anilines is 2. The van der Waals surface area contributed by atoms with Crippen LogP contribution in [0.2, 0.25) is 0 Å². The maximum Gasteiger partial charge on any atom is 0.127 e. The zero-order chi connectivity index (χ0) is 11.0. The van der Waals surface area contributed by atoms with Gasteiger partial charge >= 0.3 is 0 Å². The van der Waals surface area contributed by atoms with E-state index in [1.807, 2.05) is 6.07 Å². The van der Waals surface area contributed by atoms with Crippen LogP contribution in [0.3, 0.4) is 0 Å². The van der Waals surface area contributed by atoms with Gasteiger partial charge in [-0.3, -0.25) is 0 Å². The van der Waals surface area contributed by atoms with Crippen molar-refractivity contribution in [2.45, 2.75) is 26.3 Å². The molecule has 0 amide bonds. The molecule has 15 heavy (non-hydrogen) atoms.